The number of halogens is 1. The van der Waals surface area contributed by atoms with Crippen molar-refractivity contribution in [3.8, 4) is 0 Å². The Morgan fingerprint density at radius 1 is 1.10 bits per heavy atom. The molecule has 1 aliphatic heterocycles. The van der Waals surface area contributed by atoms with Crippen LogP contribution in [0.1, 0.15) is 43.0 Å². The van der Waals surface area contributed by atoms with Crippen LogP contribution in [0.25, 0.3) is 0 Å². The summed E-state index contributed by atoms with van der Waals surface area (Å²) in [5, 5.41) is 2.84. The number of amides is 4. The third kappa shape index (κ3) is 7.40. The van der Waals surface area contributed by atoms with E-state index in [1.54, 1.807) is 11.8 Å². The molecule has 0 spiro atoms. The first-order valence-corrected chi connectivity index (χ1v) is 9.45. The fourth-order valence-electron chi connectivity index (χ4n) is 2.84. The highest BCUT2D eigenvalue weighted by Crippen LogP contribution is 2.12. The fraction of sp³-hybridized carbons (Fsp3) is 0.474. The number of nitrogens with zero attached hydrogens (tertiary/aromatic N) is 1. The number of carbonyl (C=O) groups is 4. The van der Waals surface area contributed by atoms with E-state index >= 15 is 0 Å². The Labute approximate surface area is 167 Å². The van der Waals surface area contributed by atoms with Gasteiger partial charge in [0.1, 0.15) is 5.82 Å². The summed E-state index contributed by atoms with van der Waals surface area (Å²) in [6.07, 6.45) is 0.714. The van der Waals surface area contributed by atoms with E-state index in [1.807, 2.05) is 0 Å². The summed E-state index contributed by atoms with van der Waals surface area (Å²) < 4.78 is 18.0. The third-order valence-electron chi connectivity index (χ3n) is 4.37. The number of hydrogen-bond donors (Lipinski definition) is 3. The van der Waals surface area contributed by atoms with Gasteiger partial charge < -0.3 is 15.0 Å². The number of piperidine rings is 1. The standard InChI is InChI=1S/C19H25FN4O5/c1-2-29-19(28)24-10-8-15(9-11-24)21-16(25)6-7-17(26)22-23-18(27)13-4-3-5-14(20)12-13/h3-5,12,15H,2,6-11H2,1H3,(H,21,25)(H,22,26)(H,23,27). The van der Waals surface area contributed by atoms with Gasteiger partial charge in [0.25, 0.3) is 5.91 Å². The van der Waals surface area contributed by atoms with Crippen molar-refractivity contribution in [1.29, 1.82) is 0 Å². The highest BCUT2D eigenvalue weighted by molar-refractivity contribution is 5.95. The molecule has 2 rings (SSSR count). The fourth-order valence-corrected chi connectivity index (χ4v) is 2.84. The number of rotatable bonds is 6. The van der Waals surface area contributed by atoms with E-state index in [0.29, 0.717) is 32.5 Å². The van der Waals surface area contributed by atoms with Crippen molar-refractivity contribution < 1.29 is 28.3 Å². The number of hydrazine groups is 1. The first-order valence-electron chi connectivity index (χ1n) is 9.45. The number of nitrogens with one attached hydrogen (secondary N) is 3. The van der Waals surface area contributed by atoms with E-state index < -0.39 is 17.6 Å². The molecule has 10 heteroatoms. The third-order valence-corrected chi connectivity index (χ3v) is 4.37. The smallest absolute Gasteiger partial charge is 0.409 e. The van der Waals surface area contributed by atoms with Crippen LogP contribution in [0.2, 0.25) is 0 Å². The summed E-state index contributed by atoms with van der Waals surface area (Å²) in [5.74, 6) is -2.04. The normalized spacial score (nSPS) is 14.1. The SMILES string of the molecule is CCOC(=O)N1CCC(NC(=O)CCC(=O)NNC(=O)c2cccc(F)c2)CC1. The van der Waals surface area contributed by atoms with Crippen LogP contribution >= 0.6 is 0 Å². The van der Waals surface area contributed by atoms with Crippen LogP contribution in [0, 0.1) is 5.82 Å². The summed E-state index contributed by atoms with van der Waals surface area (Å²) >= 11 is 0. The van der Waals surface area contributed by atoms with E-state index in [-0.39, 0.29) is 36.4 Å². The Morgan fingerprint density at radius 3 is 2.45 bits per heavy atom. The zero-order valence-electron chi connectivity index (χ0n) is 16.2. The Hall–Kier alpha value is -3.17. The van der Waals surface area contributed by atoms with Gasteiger partial charge in [-0.1, -0.05) is 6.07 Å². The Kier molecular flexibility index (Phi) is 8.38. The molecule has 1 aromatic carbocycles. The minimum absolute atomic E-state index is 0.0419. The van der Waals surface area contributed by atoms with Gasteiger partial charge in [0, 0.05) is 37.5 Å². The molecule has 9 nitrogen and oxygen atoms in total. The zero-order chi connectivity index (χ0) is 21.2. The van der Waals surface area contributed by atoms with Crippen LogP contribution in [0.3, 0.4) is 0 Å². The molecular weight excluding hydrogens is 383 g/mol. The maximum atomic E-state index is 13.1. The van der Waals surface area contributed by atoms with E-state index in [4.69, 9.17) is 4.74 Å². The first kappa shape index (κ1) is 22.1. The van der Waals surface area contributed by atoms with E-state index in [0.717, 1.165) is 6.07 Å². The lowest BCUT2D eigenvalue weighted by molar-refractivity contribution is -0.127. The second-order valence-electron chi connectivity index (χ2n) is 6.54. The van der Waals surface area contributed by atoms with Crippen molar-refractivity contribution in [2.75, 3.05) is 19.7 Å². The summed E-state index contributed by atoms with van der Waals surface area (Å²) in [7, 11) is 0. The van der Waals surface area contributed by atoms with Crippen LogP contribution in [-0.4, -0.2) is 54.5 Å². The molecule has 0 aliphatic carbocycles. The van der Waals surface area contributed by atoms with Crippen LogP contribution in [0.4, 0.5) is 9.18 Å². The van der Waals surface area contributed by atoms with Gasteiger partial charge in [0.2, 0.25) is 11.8 Å². The molecule has 3 N–H and O–H groups in total. The molecule has 0 aromatic heterocycles. The summed E-state index contributed by atoms with van der Waals surface area (Å²) in [4.78, 5) is 48.8. The summed E-state index contributed by atoms with van der Waals surface area (Å²) in [5.41, 5.74) is 4.43. The van der Waals surface area contributed by atoms with Crippen molar-refractivity contribution in [3.05, 3.63) is 35.6 Å². The number of ether oxygens (including phenoxy) is 1. The maximum absolute atomic E-state index is 13.1. The molecule has 1 saturated heterocycles. The molecule has 29 heavy (non-hydrogen) atoms. The zero-order valence-corrected chi connectivity index (χ0v) is 16.2. The van der Waals surface area contributed by atoms with E-state index in [2.05, 4.69) is 16.2 Å². The molecule has 0 atom stereocenters. The van der Waals surface area contributed by atoms with Crippen molar-refractivity contribution in [2.24, 2.45) is 0 Å². The van der Waals surface area contributed by atoms with Crippen molar-refractivity contribution >= 4 is 23.8 Å². The molecule has 0 radical (unpaired) electrons. The summed E-state index contributed by atoms with van der Waals surface area (Å²) in [6.45, 7) is 3.06. The monoisotopic (exact) mass is 408 g/mol. The van der Waals surface area contributed by atoms with Crippen LogP contribution in [0.15, 0.2) is 24.3 Å². The van der Waals surface area contributed by atoms with Crippen LogP contribution < -0.4 is 16.2 Å². The Morgan fingerprint density at radius 2 is 1.79 bits per heavy atom. The number of carbonyl (C=O) groups excluding carboxylic acids is 4. The molecular formula is C19H25FN4O5. The lowest BCUT2D eigenvalue weighted by Crippen LogP contribution is -2.47. The maximum Gasteiger partial charge on any atom is 0.409 e. The molecule has 1 heterocycles. The molecule has 1 aliphatic rings. The minimum atomic E-state index is -0.657. The Bertz CT molecular complexity index is 750. The highest BCUT2D eigenvalue weighted by atomic mass is 19.1. The van der Waals surface area contributed by atoms with Crippen LogP contribution in [0.5, 0.6) is 0 Å². The average molecular weight is 408 g/mol. The predicted octanol–water partition coefficient (Wildman–Crippen LogP) is 1.10. The molecule has 1 aromatic rings. The second kappa shape index (κ2) is 11.0. The van der Waals surface area contributed by atoms with Crippen molar-refractivity contribution in [3.63, 3.8) is 0 Å². The summed E-state index contributed by atoms with van der Waals surface area (Å²) in [6, 6.07) is 4.97. The molecule has 0 bridgehead atoms. The number of benzene rings is 1. The highest BCUT2D eigenvalue weighted by Gasteiger charge is 2.24. The first-order chi connectivity index (χ1) is 13.9. The molecule has 0 unspecified atom stereocenters. The topological polar surface area (TPSA) is 117 Å². The van der Waals surface area contributed by atoms with Gasteiger partial charge in [0.15, 0.2) is 0 Å². The minimum Gasteiger partial charge on any atom is -0.450 e. The molecule has 0 saturated carbocycles. The largest absolute Gasteiger partial charge is 0.450 e. The Balaban J connectivity index is 1.63. The van der Waals surface area contributed by atoms with Crippen molar-refractivity contribution in [2.45, 2.75) is 38.6 Å². The van der Waals surface area contributed by atoms with Gasteiger partial charge in [0.05, 0.1) is 6.61 Å². The number of likely N-dealkylation sites (tertiary alicyclic amines) is 1. The van der Waals surface area contributed by atoms with Gasteiger partial charge in [-0.3, -0.25) is 25.2 Å². The van der Waals surface area contributed by atoms with Crippen molar-refractivity contribution in [1.82, 2.24) is 21.1 Å². The number of hydrogen-bond acceptors (Lipinski definition) is 5. The molecule has 4 amide bonds. The lowest BCUT2D eigenvalue weighted by atomic mass is 10.1. The average Bonchev–Trinajstić information content (AvgIpc) is 2.71. The lowest BCUT2D eigenvalue weighted by Gasteiger charge is -2.31. The van der Waals surface area contributed by atoms with E-state index in [1.165, 1.54) is 18.2 Å². The van der Waals surface area contributed by atoms with Gasteiger partial charge in [-0.2, -0.15) is 0 Å². The van der Waals surface area contributed by atoms with Gasteiger partial charge in [-0.25, -0.2) is 9.18 Å². The van der Waals surface area contributed by atoms with E-state index in [9.17, 15) is 23.6 Å². The second-order valence-corrected chi connectivity index (χ2v) is 6.54. The molecule has 158 valence electrons. The molecule has 1 fully saturated rings. The van der Waals surface area contributed by atoms with Crippen LogP contribution in [-0.2, 0) is 14.3 Å². The van der Waals surface area contributed by atoms with Gasteiger partial charge >= 0.3 is 6.09 Å². The predicted molar refractivity (Wildman–Crippen MR) is 101 cm³/mol. The van der Waals surface area contributed by atoms with Gasteiger partial charge in [-0.15, -0.1) is 0 Å². The van der Waals surface area contributed by atoms with Gasteiger partial charge in [-0.05, 0) is 38.0 Å². The quantitative estimate of drug-likeness (QED) is 0.610.